The second-order valence-electron chi connectivity index (χ2n) is 4.62. The van der Waals surface area contributed by atoms with Crippen molar-refractivity contribution >= 4 is 23.0 Å². The quantitative estimate of drug-likeness (QED) is 0.663. The van der Waals surface area contributed by atoms with Gasteiger partial charge in [-0.25, -0.2) is 0 Å². The molecule has 2 aromatic carbocycles. The molecule has 20 heavy (non-hydrogen) atoms. The smallest absolute Gasteiger partial charge is 0.271 e. The van der Waals surface area contributed by atoms with Gasteiger partial charge in [0.05, 0.1) is 4.92 Å². The molecule has 0 heterocycles. The summed E-state index contributed by atoms with van der Waals surface area (Å²) >= 11 is 5.83. The number of hydrogen-bond acceptors (Lipinski definition) is 3. The molecular formula is C15H15ClN2O2. The molecule has 0 aromatic heterocycles. The van der Waals surface area contributed by atoms with E-state index in [-0.39, 0.29) is 10.6 Å². The molecule has 104 valence electrons. The first kappa shape index (κ1) is 14.3. The van der Waals surface area contributed by atoms with E-state index in [0.717, 1.165) is 22.7 Å². The maximum absolute atomic E-state index is 10.8. The zero-order valence-corrected chi connectivity index (χ0v) is 11.9. The molecule has 0 aliphatic carbocycles. The molecule has 0 aliphatic rings. The third-order valence-electron chi connectivity index (χ3n) is 2.93. The van der Waals surface area contributed by atoms with Gasteiger partial charge in [0.2, 0.25) is 0 Å². The highest BCUT2D eigenvalue weighted by Gasteiger charge is 2.07. The van der Waals surface area contributed by atoms with Crippen LogP contribution in [0.5, 0.6) is 0 Å². The Morgan fingerprint density at radius 2 is 1.90 bits per heavy atom. The van der Waals surface area contributed by atoms with E-state index in [1.807, 2.05) is 37.3 Å². The molecule has 0 radical (unpaired) electrons. The lowest BCUT2D eigenvalue weighted by Gasteiger charge is -2.07. The molecule has 0 fully saturated rings. The lowest BCUT2D eigenvalue weighted by Crippen LogP contribution is -2.05. The average molecular weight is 291 g/mol. The standard InChI is InChI=1S/C15H15ClN2O2/c1-11-8-14(10-15(9-11)18(19)20)17-7-6-12-2-4-13(16)5-3-12/h2-5,8-10,17H,6-7H2,1H3. The summed E-state index contributed by atoms with van der Waals surface area (Å²) in [5.74, 6) is 0. The molecule has 0 atom stereocenters. The maximum atomic E-state index is 10.8. The van der Waals surface area contributed by atoms with Crippen molar-refractivity contribution in [3.8, 4) is 0 Å². The van der Waals surface area contributed by atoms with Crippen molar-refractivity contribution in [1.29, 1.82) is 0 Å². The van der Waals surface area contributed by atoms with Crippen LogP contribution in [0.25, 0.3) is 0 Å². The zero-order valence-electron chi connectivity index (χ0n) is 11.1. The Balaban J connectivity index is 1.97. The van der Waals surface area contributed by atoms with Crippen LogP contribution in [0.1, 0.15) is 11.1 Å². The highest BCUT2D eigenvalue weighted by molar-refractivity contribution is 6.30. The van der Waals surface area contributed by atoms with Gasteiger partial charge >= 0.3 is 0 Å². The number of nitrogens with one attached hydrogen (secondary N) is 1. The van der Waals surface area contributed by atoms with E-state index in [9.17, 15) is 10.1 Å². The molecule has 0 saturated heterocycles. The van der Waals surface area contributed by atoms with Crippen molar-refractivity contribution in [2.24, 2.45) is 0 Å². The molecule has 4 nitrogen and oxygen atoms in total. The third-order valence-corrected chi connectivity index (χ3v) is 3.18. The first-order chi connectivity index (χ1) is 9.54. The minimum atomic E-state index is -0.378. The summed E-state index contributed by atoms with van der Waals surface area (Å²) < 4.78 is 0. The van der Waals surface area contributed by atoms with Crippen molar-refractivity contribution in [2.75, 3.05) is 11.9 Å². The van der Waals surface area contributed by atoms with Gasteiger partial charge in [0, 0.05) is 29.4 Å². The normalized spacial score (nSPS) is 10.3. The number of hydrogen-bond donors (Lipinski definition) is 1. The Labute approximate surface area is 122 Å². The molecule has 0 bridgehead atoms. The van der Waals surface area contributed by atoms with E-state index >= 15 is 0 Å². The van der Waals surface area contributed by atoms with Gasteiger partial charge in [-0.15, -0.1) is 0 Å². The van der Waals surface area contributed by atoms with E-state index in [1.54, 1.807) is 12.1 Å². The van der Waals surface area contributed by atoms with Gasteiger partial charge in [0.25, 0.3) is 5.69 Å². The van der Waals surface area contributed by atoms with Crippen molar-refractivity contribution in [3.63, 3.8) is 0 Å². The van der Waals surface area contributed by atoms with Gasteiger partial charge in [-0.3, -0.25) is 10.1 Å². The van der Waals surface area contributed by atoms with Gasteiger partial charge in [0.1, 0.15) is 0 Å². The van der Waals surface area contributed by atoms with Crippen LogP contribution in [0.2, 0.25) is 5.02 Å². The van der Waals surface area contributed by atoms with Crippen molar-refractivity contribution in [1.82, 2.24) is 0 Å². The van der Waals surface area contributed by atoms with E-state index in [2.05, 4.69) is 5.32 Å². The van der Waals surface area contributed by atoms with Crippen LogP contribution in [-0.4, -0.2) is 11.5 Å². The maximum Gasteiger partial charge on any atom is 0.271 e. The number of nitro benzene ring substituents is 1. The summed E-state index contributed by atoms with van der Waals surface area (Å²) in [6.07, 6.45) is 0.832. The van der Waals surface area contributed by atoms with Crippen LogP contribution < -0.4 is 5.32 Å². The number of nitro groups is 1. The zero-order chi connectivity index (χ0) is 14.5. The Bertz CT molecular complexity index is 612. The first-order valence-electron chi connectivity index (χ1n) is 6.29. The highest BCUT2D eigenvalue weighted by Crippen LogP contribution is 2.20. The molecular weight excluding hydrogens is 276 g/mol. The molecule has 0 spiro atoms. The summed E-state index contributed by atoms with van der Waals surface area (Å²) in [4.78, 5) is 10.4. The molecule has 0 amide bonds. The number of non-ortho nitro benzene ring substituents is 1. The van der Waals surface area contributed by atoms with Crippen LogP contribution in [0, 0.1) is 17.0 Å². The monoisotopic (exact) mass is 290 g/mol. The average Bonchev–Trinajstić information content (AvgIpc) is 2.40. The van der Waals surface area contributed by atoms with Crippen LogP contribution in [0.15, 0.2) is 42.5 Å². The van der Waals surface area contributed by atoms with Crippen molar-refractivity contribution in [3.05, 3.63) is 68.7 Å². The fourth-order valence-corrected chi connectivity index (χ4v) is 2.10. The Morgan fingerprint density at radius 3 is 2.55 bits per heavy atom. The topological polar surface area (TPSA) is 55.2 Å². The summed E-state index contributed by atoms with van der Waals surface area (Å²) in [5.41, 5.74) is 2.92. The van der Waals surface area contributed by atoms with E-state index in [0.29, 0.717) is 6.54 Å². The van der Waals surface area contributed by atoms with Crippen molar-refractivity contribution < 1.29 is 4.92 Å². The Hall–Kier alpha value is -2.07. The molecule has 1 N–H and O–H groups in total. The number of benzene rings is 2. The largest absolute Gasteiger partial charge is 0.385 e. The summed E-state index contributed by atoms with van der Waals surface area (Å²) in [7, 11) is 0. The minimum absolute atomic E-state index is 0.110. The fourth-order valence-electron chi connectivity index (χ4n) is 1.97. The molecule has 2 aromatic rings. The Morgan fingerprint density at radius 1 is 1.20 bits per heavy atom. The molecule has 2 rings (SSSR count). The molecule has 0 aliphatic heterocycles. The van der Waals surface area contributed by atoms with Gasteiger partial charge in [-0.2, -0.15) is 0 Å². The van der Waals surface area contributed by atoms with Crippen LogP contribution in [0.3, 0.4) is 0 Å². The number of aryl methyl sites for hydroxylation is 1. The first-order valence-corrected chi connectivity index (χ1v) is 6.67. The summed E-state index contributed by atoms with van der Waals surface area (Å²) in [5, 5.41) is 14.7. The van der Waals surface area contributed by atoms with Gasteiger partial charge in [0.15, 0.2) is 0 Å². The summed E-state index contributed by atoms with van der Waals surface area (Å²) in [6.45, 7) is 2.56. The van der Waals surface area contributed by atoms with Gasteiger partial charge < -0.3 is 5.32 Å². The predicted octanol–water partition coefficient (Wildman–Crippen LogP) is 4.21. The summed E-state index contributed by atoms with van der Waals surface area (Å²) in [6, 6.07) is 12.7. The molecule has 0 saturated carbocycles. The second kappa shape index (κ2) is 6.39. The second-order valence-corrected chi connectivity index (χ2v) is 5.05. The van der Waals surface area contributed by atoms with Crippen LogP contribution in [-0.2, 0) is 6.42 Å². The molecule has 0 unspecified atom stereocenters. The van der Waals surface area contributed by atoms with E-state index in [1.165, 1.54) is 5.56 Å². The number of nitrogens with zero attached hydrogens (tertiary/aromatic N) is 1. The van der Waals surface area contributed by atoms with Crippen molar-refractivity contribution in [2.45, 2.75) is 13.3 Å². The number of anilines is 1. The van der Waals surface area contributed by atoms with Gasteiger partial charge in [-0.1, -0.05) is 23.7 Å². The fraction of sp³-hybridized carbons (Fsp3) is 0.200. The lowest BCUT2D eigenvalue weighted by atomic mass is 10.1. The third kappa shape index (κ3) is 3.96. The predicted molar refractivity (Wildman–Crippen MR) is 81.5 cm³/mol. The Kier molecular flexibility index (Phi) is 4.58. The van der Waals surface area contributed by atoms with E-state index in [4.69, 9.17) is 11.6 Å². The SMILES string of the molecule is Cc1cc(NCCc2ccc(Cl)cc2)cc([N+](=O)[O-])c1. The van der Waals surface area contributed by atoms with Crippen LogP contribution in [0.4, 0.5) is 11.4 Å². The number of rotatable bonds is 5. The highest BCUT2D eigenvalue weighted by atomic mass is 35.5. The van der Waals surface area contributed by atoms with Gasteiger partial charge in [-0.05, 0) is 42.7 Å². The number of halogens is 1. The molecule has 5 heteroatoms. The van der Waals surface area contributed by atoms with E-state index < -0.39 is 0 Å². The van der Waals surface area contributed by atoms with Crippen LogP contribution >= 0.6 is 11.6 Å². The minimum Gasteiger partial charge on any atom is -0.385 e. The lowest BCUT2D eigenvalue weighted by molar-refractivity contribution is -0.384.